The first-order valence-electron chi connectivity index (χ1n) is 5.71. The van der Waals surface area contributed by atoms with Crippen molar-refractivity contribution < 1.29 is 4.42 Å². The molecule has 4 rings (SSSR count). The Kier molecular flexibility index (Phi) is 1.80. The van der Waals surface area contributed by atoms with Crippen molar-refractivity contribution in [3.63, 3.8) is 0 Å². The summed E-state index contributed by atoms with van der Waals surface area (Å²) in [5, 5.41) is 0. The first kappa shape index (κ1) is 9.41. The Balaban J connectivity index is 1.95. The van der Waals surface area contributed by atoms with Crippen molar-refractivity contribution in [3.8, 4) is 11.7 Å². The molecular formula is C14H9N3O. The smallest absolute Gasteiger partial charge is 0.264 e. The average molecular weight is 235 g/mol. The van der Waals surface area contributed by atoms with E-state index < -0.39 is 0 Å². The van der Waals surface area contributed by atoms with Gasteiger partial charge in [-0.25, -0.2) is 9.97 Å². The largest absolute Gasteiger partial charge is 0.434 e. The fraction of sp³-hybridized carbons (Fsp3) is 0. The van der Waals surface area contributed by atoms with Gasteiger partial charge in [0.25, 0.3) is 5.89 Å². The summed E-state index contributed by atoms with van der Waals surface area (Å²) in [5.41, 5.74) is 3.51. The molecule has 0 saturated carbocycles. The van der Waals surface area contributed by atoms with Crippen LogP contribution in [0.1, 0.15) is 0 Å². The van der Waals surface area contributed by atoms with E-state index in [1.165, 1.54) is 0 Å². The van der Waals surface area contributed by atoms with Gasteiger partial charge >= 0.3 is 0 Å². The van der Waals surface area contributed by atoms with Crippen LogP contribution in [0.15, 0.2) is 52.9 Å². The van der Waals surface area contributed by atoms with Crippen LogP contribution in [0, 0.1) is 0 Å². The number of rotatable bonds is 1. The molecule has 4 aromatic rings. The maximum atomic E-state index is 5.68. The molecule has 2 aromatic heterocycles. The zero-order valence-corrected chi connectivity index (χ0v) is 9.42. The number of nitrogens with one attached hydrogen (secondary N) is 1. The molecule has 0 radical (unpaired) electrons. The van der Waals surface area contributed by atoms with Crippen LogP contribution in [0.25, 0.3) is 33.8 Å². The molecule has 2 heterocycles. The van der Waals surface area contributed by atoms with Crippen molar-refractivity contribution in [2.45, 2.75) is 0 Å². The van der Waals surface area contributed by atoms with Crippen LogP contribution in [0.5, 0.6) is 0 Å². The van der Waals surface area contributed by atoms with Crippen LogP contribution >= 0.6 is 0 Å². The number of benzene rings is 2. The van der Waals surface area contributed by atoms with Gasteiger partial charge in [0.05, 0.1) is 11.0 Å². The van der Waals surface area contributed by atoms with Crippen LogP contribution in [0.2, 0.25) is 0 Å². The number of hydrogen-bond acceptors (Lipinski definition) is 3. The fourth-order valence-electron chi connectivity index (χ4n) is 2.03. The fourth-order valence-corrected chi connectivity index (χ4v) is 2.03. The number of fused-ring (bicyclic) bond motifs is 2. The number of nitrogens with zero attached hydrogens (tertiary/aromatic N) is 2. The molecule has 4 heteroatoms. The minimum absolute atomic E-state index is 0.521. The molecule has 86 valence electrons. The minimum atomic E-state index is 0.521. The van der Waals surface area contributed by atoms with Gasteiger partial charge in [0.15, 0.2) is 11.4 Å². The number of imidazole rings is 1. The number of hydrogen-bond donors (Lipinski definition) is 1. The Morgan fingerprint density at radius 3 is 2.44 bits per heavy atom. The van der Waals surface area contributed by atoms with Crippen molar-refractivity contribution >= 4 is 22.1 Å². The van der Waals surface area contributed by atoms with Crippen LogP contribution in [-0.2, 0) is 0 Å². The van der Waals surface area contributed by atoms with Gasteiger partial charge in [-0.15, -0.1) is 0 Å². The summed E-state index contributed by atoms with van der Waals surface area (Å²) in [6.07, 6.45) is 0. The predicted octanol–water partition coefficient (Wildman–Crippen LogP) is 3.37. The molecule has 0 aliphatic carbocycles. The molecule has 0 amide bonds. The molecule has 1 N–H and O–H groups in total. The van der Waals surface area contributed by atoms with Crippen LogP contribution in [0.4, 0.5) is 0 Å². The zero-order valence-electron chi connectivity index (χ0n) is 9.42. The Morgan fingerprint density at radius 1 is 0.833 bits per heavy atom. The standard InChI is InChI=1S/C14H9N3O/c1-2-6-10-9(5-1)15-13(16-10)14-17-11-7-3-4-8-12(11)18-14/h1-8H,(H,15,16). The Bertz CT molecular complexity index is 706. The summed E-state index contributed by atoms with van der Waals surface area (Å²) in [6, 6.07) is 15.5. The van der Waals surface area contributed by atoms with Gasteiger partial charge in [0.2, 0.25) is 0 Å². The molecule has 0 spiro atoms. The molecule has 0 atom stereocenters. The van der Waals surface area contributed by atoms with E-state index in [1.54, 1.807) is 0 Å². The third-order valence-electron chi connectivity index (χ3n) is 2.89. The highest BCUT2D eigenvalue weighted by atomic mass is 16.3. The Hall–Kier alpha value is -2.62. The van der Waals surface area contributed by atoms with Crippen molar-refractivity contribution in [3.05, 3.63) is 48.5 Å². The Morgan fingerprint density at radius 2 is 1.61 bits per heavy atom. The summed E-state index contributed by atoms with van der Waals surface area (Å²) in [7, 11) is 0. The molecule has 4 nitrogen and oxygen atoms in total. The SMILES string of the molecule is c1ccc2[nH]c(-c3nc4ccccc4o3)nc2c1. The topological polar surface area (TPSA) is 54.7 Å². The molecule has 2 aromatic carbocycles. The van der Waals surface area contributed by atoms with Crippen molar-refractivity contribution in [2.75, 3.05) is 0 Å². The maximum Gasteiger partial charge on any atom is 0.264 e. The van der Waals surface area contributed by atoms with Gasteiger partial charge in [-0.05, 0) is 24.3 Å². The molecular weight excluding hydrogens is 226 g/mol. The third kappa shape index (κ3) is 1.32. The van der Waals surface area contributed by atoms with Gasteiger partial charge in [0.1, 0.15) is 5.52 Å². The summed E-state index contributed by atoms with van der Waals surface area (Å²) in [6.45, 7) is 0. The molecule has 0 aliphatic heterocycles. The third-order valence-corrected chi connectivity index (χ3v) is 2.89. The lowest BCUT2D eigenvalue weighted by Crippen LogP contribution is -1.78. The van der Waals surface area contributed by atoms with E-state index in [4.69, 9.17) is 4.42 Å². The van der Waals surface area contributed by atoms with Gasteiger partial charge in [0, 0.05) is 0 Å². The van der Waals surface area contributed by atoms with Crippen molar-refractivity contribution in [1.29, 1.82) is 0 Å². The number of aromatic nitrogens is 3. The highest BCUT2D eigenvalue weighted by Crippen LogP contribution is 2.23. The van der Waals surface area contributed by atoms with Gasteiger partial charge in [-0.1, -0.05) is 24.3 Å². The van der Waals surface area contributed by atoms with E-state index in [1.807, 2.05) is 48.5 Å². The number of H-pyrrole nitrogens is 1. The highest BCUT2D eigenvalue weighted by molar-refractivity contribution is 5.80. The second-order valence-electron chi connectivity index (χ2n) is 4.09. The molecule has 0 aliphatic rings. The van der Waals surface area contributed by atoms with Gasteiger partial charge < -0.3 is 9.40 Å². The van der Waals surface area contributed by atoms with E-state index in [2.05, 4.69) is 15.0 Å². The van der Waals surface area contributed by atoms with Crippen molar-refractivity contribution in [1.82, 2.24) is 15.0 Å². The number of para-hydroxylation sites is 4. The van der Waals surface area contributed by atoms with Gasteiger partial charge in [-0.2, -0.15) is 0 Å². The second kappa shape index (κ2) is 3.43. The first-order valence-corrected chi connectivity index (χ1v) is 5.71. The quantitative estimate of drug-likeness (QED) is 0.550. The molecule has 0 saturated heterocycles. The summed E-state index contributed by atoms with van der Waals surface area (Å²) in [4.78, 5) is 12.1. The van der Waals surface area contributed by atoms with Crippen LogP contribution in [0.3, 0.4) is 0 Å². The van der Waals surface area contributed by atoms with Crippen molar-refractivity contribution in [2.24, 2.45) is 0 Å². The average Bonchev–Trinajstić information content (AvgIpc) is 3.02. The second-order valence-corrected chi connectivity index (χ2v) is 4.09. The van der Waals surface area contributed by atoms with Gasteiger partial charge in [-0.3, -0.25) is 0 Å². The molecule has 0 fully saturated rings. The van der Waals surface area contributed by atoms with Crippen LogP contribution < -0.4 is 0 Å². The Labute approximate surface area is 102 Å². The molecule has 0 bridgehead atoms. The lowest BCUT2D eigenvalue weighted by molar-refractivity contribution is 0.614. The minimum Gasteiger partial charge on any atom is -0.434 e. The van der Waals surface area contributed by atoms with E-state index >= 15 is 0 Å². The van der Waals surface area contributed by atoms with E-state index in [-0.39, 0.29) is 0 Å². The zero-order chi connectivity index (χ0) is 11.9. The summed E-state index contributed by atoms with van der Waals surface area (Å²) in [5.74, 6) is 1.18. The summed E-state index contributed by atoms with van der Waals surface area (Å²) < 4.78 is 5.68. The highest BCUT2D eigenvalue weighted by Gasteiger charge is 2.11. The van der Waals surface area contributed by atoms with E-state index in [9.17, 15) is 0 Å². The van der Waals surface area contributed by atoms with E-state index in [0.29, 0.717) is 11.7 Å². The molecule has 0 unspecified atom stereocenters. The lowest BCUT2D eigenvalue weighted by Gasteiger charge is -1.85. The van der Waals surface area contributed by atoms with E-state index in [0.717, 1.165) is 22.1 Å². The van der Waals surface area contributed by atoms with Crippen LogP contribution in [-0.4, -0.2) is 15.0 Å². The lowest BCUT2D eigenvalue weighted by atomic mass is 10.3. The maximum absolute atomic E-state index is 5.68. The number of oxazole rings is 1. The predicted molar refractivity (Wildman–Crippen MR) is 69.1 cm³/mol. The monoisotopic (exact) mass is 235 g/mol. The normalized spacial score (nSPS) is 11.3. The number of aromatic amines is 1. The summed E-state index contributed by atoms with van der Waals surface area (Å²) >= 11 is 0. The first-order chi connectivity index (χ1) is 8.90. The molecule has 18 heavy (non-hydrogen) atoms.